The van der Waals surface area contributed by atoms with Crippen LogP contribution < -0.4 is 17.0 Å². The molecule has 2 rings (SSSR count). The number of aromatic nitrogens is 4. The molecule has 0 aliphatic heterocycles. The van der Waals surface area contributed by atoms with Crippen molar-refractivity contribution in [1.29, 1.82) is 0 Å². The van der Waals surface area contributed by atoms with Gasteiger partial charge < -0.3 is 15.4 Å². The monoisotopic (exact) mass is 299 g/mol. The van der Waals surface area contributed by atoms with Gasteiger partial charge in [-0.25, -0.2) is 9.78 Å². The normalized spacial score (nSPS) is 11.1. The number of amides is 1. The third-order valence-electron chi connectivity index (χ3n) is 2.61. The summed E-state index contributed by atoms with van der Waals surface area (Å²) in [6, 6.07) is 0. The number of primary amides is 1. The Morgan fingerprint density at radius 1 is 1.50 bits per heavy atom. The molecule has 0 atom stereocenters. The predicted molar refractivity (Wildman–Crippen MR) is 72.6 cm³/mol. The molecule has 0 aliphatic carbocycles. The Balaban J connectivity index is 2.75. The van der Waals surface area contributed by atoms with Gasteiger partial charge >= 0.3 is 5.69 Å². The Labute approximate surface area is 116 Å². The predicted octanol–water partition coefficient (Wildman–Crippen LogP) is -2.01. The molecule has 4 N–H and O–H groups in total. The number of nitrogens with two attached hydrogens (primary N) is 1. The van der Waals surface area contributed by atoms with E-state index in [0.717, 1.165) is 11.8 Å². The van der Waals surface area contributed by atoms with Crippen LogP contribution in [0.25, 0.3) is 11.2 Å². The molecule has 0 bridgehead atoms. The van der Waals surface area contributed by atoms with Crippen LogP contribution >= 0.6 is 11.8 Å². The highest BCUT2D eigenvalue weighted by Crippen LogP contribution is 2.20. The van der Waals surface area contributed by atoms with E-state index in [9.17, 15) is 14.4 Å². The minimum atomic E-state index is -0.636. The van der Waals surface area contributed by atoms with E-state index in [1.165, 1.54) is 16.2 Å². The summed E-state index contributed by atoms with van der Waals surface area (Å²) in [7, 11) is 1.46. The number of aliphatic hydroxyl groups is 1. The van der Waals surface area contributed by atoms with Crippen LogP contribution in [0.2, 0.25) is 0 Å². The molecule has 0 aromatic carbocycles. The Kier molecular flexibility index (Phi) is 3.95. The van der Waals surface area contributed by atoms with Crippen LogP contribution in [0.4, 0.5) is 0 Å². The minimum absolute atomic E-state index is 0.0836. The lowest BCUT2D eigenvalue weighted by atomic mass is 10.5. The summed E-state index contributed by atoms with van der Waals surface area (Å²) in [5.41, 5.74) is 4.21. The minimum Gasteiger partial charge on any atom is -0.396 e. The Morgan fingerprint density at radius 2 is 2.20 bits per heavy atom. The highest BCUT2D eigenvalue weighted by atomic mass is 32.2. The lowest BCUT2D eigenvalue weighted by molar-refractivity contribution is -0.118. The number of nitrogens with one attached hydrogen (secondary N) is 1. The van der Waals surface area contributed by atoms with Crippen LogP contribution in [0.5, 0.6) is 0 Å². The van der Waals surface area contributed by atoms with Gasteiger partial charge in [-0.3, -0.25) is 19.1 Å². The molecule has 0 saturated carbocycles. The molecule has 9 nitrogen and oxygen atoms in total. The highest BCUT2D eigenvalue weighted by molar-refractivity contribution is 7.99. The summed E-state index contributed by atoms with van der Waals surface area (Å²) in [5.74, 6) is -0.295. The summed E-state index contributed by atoms with van der Waals surface area (Å²) in [4.78, 5) is 40.9. The van der Waals surface area contributed by atoms with Gasteiger partial charge in [-0.05, 0) is 0 Å². The lowest BCUT2D eigenvalue weighted by Gasteiger charge is -2.04. The van der Waals surface area contributed by atoms with E-state index < -0.39 is 17.2 Å². The zero-order chi connectivity index (χ0) is 14.9. The van der Waals surface area contributed by atoms with E-state index >= 15 is 0 Å². The average Bonchev–Trinajstić information content (AvgIpc) is 2.72. The second-order valence-corrected chi connectivity index (χ2v) is 5.07. The maximum absolute atomic E-state index is 11.9. The number of H-pyrrole nitrogens is 1. The topological polar surface area (TPSA) is 136 Å². The Bertz CT molecular complexity index is 774. The van der Waals surface area contributed by atoms with Crippen molar-refractivity contribution in [2.45, 2.75) is 11.7 Å². The second kappa shape index (κ2) is 5.51. The number of hydrogen-bond acceptors (Lipinski definition) is 6. The number of aryl methyl sites for hydroxylation is 1. The van der Waals surface area contributed by atoms with Gasteiger partial charge in [0.05, 0.1) is 6.61 Å². The van der Waals surface area contributed by atoms with E-state index in [1.54, 1.807) is 0 Å². The van der Waals surface area contributed by atoms with Crippen LogP contribution in [0, 0.1) is 0 Å². The third kappa shape index (κ3) is 2.47. The average molecular weight is 299 g/mol. The van der Waals surface area contributed by atoms with Crippen LogP contribution in [0.1, 0.15) is 0 Å². The summed E-state index contributed by atoms with van der Waals surface area (Å²) in [6.07, 6.45) is 0. The SMILES string of the molecule is Cn1c(=O)[nH]c(=O)c2c1nc(SCCO)n2CC(N)=O. The van der Waals surface area contributed by atoms with Gasteiger partial charge in [0.2, 0.25) is 5.91 Å². The molecule has 2 aromatic heterocycles. The number of aliphatic hydroxyl groups excluding tert-OH is 1. The van der Waals surface area contributed by atoms with Crippen molar-refractivity contribution in [3.8, 4) is 0 Å². The molecule has 2 aromatic rings. The van der Waals surface area contributed by atoms with Gasteiger partial charge in [-0.2, -0.15) is 0 Å². The maximum Gasteiger partial charge on any atom is 0.329 e. The van der Waals surface area contributed by atoms with E-state index in [4.69, 9.17) is 10.8 Å². The molecule has 0 unspecified atom stereocenters. The van der Waals surface area contributed by atoms with Crippen molar-refractivity contribution in [3.63, 3.8) is 0 Å². The smallest absolute Gasteiger partial charge is 0.329 e. The number of hydrogen-bond donors (Lipinski definition) is 3. The Morgan fingerprint density at radius 3 is 2.80 bits per heavy atom. The standard InChI is InChI=1S/C10H13N5O4S/c1-14-7-6(8(18)13-9(14)19)15(4-5(11)17)10(12-7)20-3-2-16/h16H,2-4H2,1H3,(H2,11,17)(H,13,18,19). The largest absolute Gasteiger partial charge is 0.396 e. The van der Waals surface area contributed by atoms with Crippen molar-refractivity contribution in [1.82, 2.24) is 19.1 Å². The van der Waals surface area contributed by atoms with Crippen LogP contribution in [0.3, 0.4) is 0 Å². The maximum atomic E-state index is 11.9. The van der Waals surface area contributed by atoms with Crippen molar-refractivity contribution < 1.29 is 9.90 Å². The first-order valence-corrected chi connectivity index (χ1v) is 6.65. The molecule has 108 valence electrons. The van der Waals surface area contributed by atoms with Crippen LogP contribution in [-0.2, 0) is 18.4 Å². The molecular weight excluding hydrogens is 286 g/mol. The zero-order valence-electron chi connectivity index (χ0n) is 10.6. The van der Waals surface area contributed by atoms with E-state index in [0.29, 0.717) is 10.9 Å². The molecule has 0 fully saturated rings. The number of carbonyl (C=O) groups excluding carboxylic acids is 1. The molecule has 0 aliphatic rings. The molecule has 10 heteroatoms. The number of rotatable bonds is 5. The third-order valence-corrected chi connectivity index (χ3v) is 3.57. The van der Waals surface area contributed by atoms with Crippen LogP contribution in [0.15, 0.2) is 14.7 Å². The summed E-state index contributed by atoms with van der Waals surface area (Å²) >= 11 is 1.16. The van der Waals surface area contributed by atoms with Crippen molar-refractivity contribution in [2.24, 2.45) is 12.8 Å². The van der Waals surface area contributed by atoms with Gasteiger partial charge in [0.25, 0.3) is 5.56 Å². The number of imidazole rings is 1. The van der Waals surface area contributed by atoms with Gasteiger partial charge in [-0.15, -0.1) is 0 Å². The number of carbonyl (C=O) groups is 1. The zero-order valence-corrected chi connectivity index (χ0v) is 11.4. The summed E-state index contributed by atoms with van der Waals surface area (Å²) in [6.45, 7) is -0.314. The first kappa shape index (κ1) is 14.3. The molecule has 0 spiro atoms. The first-order chi connectivity index (χ1) is 9.45. The van der Waals surface area contributed by atoms with E-state index in [1.807, 2.05) is 0 Å². The van der Waals surface area contributed by atoms with Gasteiger partial charge in [0.1, 0.15) is 6.54 Å². The van der Waals surface area contributed by atoms with Crippen molar-refractivity contribution in [3.05, 3.63) is 20.8 Å². The van der Waals surface area contributed by atoms with E-state index in [2.05, 4.69) is 9.97 Å². The fourth-order valence-corrected chi connectivity index (χ4v) is 2.50. The molecule has 20 heavy (non-hydrogen) atoms. The van der Waals surface area contributed by atoms with Crippen molar-refractivity contribution >= 4 is 28.8 Å². The van der Waals surface area contributed by atoms with Crippen LogP contribution in [-0.4, -0.2) is 42.5 Å². The molecular formula is C10H13N5O4S. The molecule has 0 saturated heterocycles. The fraction of sp³-hybridized carbons (Fsp3) is 0.400. The molecule has 1 amide bonds. The number of fused-ring (bicyclic) bond motifs is 1. The van der Waals surface area contributed by atoms with Crippen molar-refractivity contribution in [2.75, 3.05) is 12.4 Å². The second-order valence-electron chi connectivity index (χ2n) is 4.01. The quantitative estimate of drug-likeness (QED) is 0.546. The Hall–Kier alpha value is -2.07. The lowest BCUT2D eigenvalue weighted by Crippen LogP contribution is -2.30. The summed E-state index contributed by atoms with van der Waals surface area (Å²) in [5, 5.41) is 9.20. The number of nitrogens with zero attached hydrogens (tertiary/aromatic N) is 3. The first-order valence-electron chi connectivity index (χ1n) is 5.67. The van der Waals surface area contributed by atoms with E-state index in [-0.39, 0.29) is 24.3 Å². The highest BCUT2D eigenvalue weighted by Gasteiger charge is 2.18. The van der Waals surface area contributed by atoms with Gasteiger partial charge in [-0.1, -0.05) is 11.8 Å². The van der Waals surface area contributed by atoms with Gasteiger partial charge in [0.15, 0.2) is 16.3 Å². The fourth-order valence-electron chi connectivity index (χ4n) is 1.76. The summed E-state index contributed by atoms with van der Waals surface area (Å²) < 4.78 is 2.52. The number of thioether (sulfide) groups is 1. The molecule has 0 radical (unpaired) electrons. The van der Waals surface area contributed by atoms with Gasteiger partial charge in [0, 0.05) is 12.8 Å². The number of aromatic amines is 1. The molecule has 2 heterocycles.